The molecule has 340 valence electrons. The maximum Gasteiger partial charge on any atom is 0.306 e. The van der Waals surface area contributed by atoms with Gasteiger partial charge in [0.1, 0.15) is 13.2 Å². The molecular formula is C53H92O6. The topological polar surface area (TPSA) is 78.9 Å². The van der Waals surface area contributed by atoms with Crippen LogP contribution in [0.3, 0.4) is 0 Å². The van der Waals surface area contributed by atoms with Gasteiger partial charge in [-0.15, -0.1) is 0 Å². The van der Waals surface area contributed by atoms with E-state index < -0.39 is 6.10 Å². The van der Waals surface area contributed by atoms with Gasteiger partial charge in [-0.05, 0) is 64.2 Å². The normalized spacial score (nSPS) is 12.5. The fourth-order valence-corrected chi connectivity index (χ4v) is 6.80. The zero-order valence-electron chi connectivity index (χ0n) is 38.8. The van der Waals surface area contributed by atoms with Crippen molar-refractivity contribution in [1.29, 1.82) is 0 Å². The summed E-state index contributed by atoms with van der Waals surface area (Å²) in [6, 6.07) is 0. The van der Waals surface area contributed by atoms with Crippen molar-refractivity contribution in [3.05, 3.63) is 60.8 Å². The molecule has 0 bridgehead atoms. The van der Waals surface area contributed by atoms with E-state index in [-0.39, 0.29) is 37.5 Å². The number of rotatable bonds is 44. The van der Waals surface area contributed by atoms with Crippen LogP contribution in [0.2, 0.25) is 0 Å². The lowest BCUT2D eigenvalue weighted by Crippen LogP contribution is -2.30. The molecule has 0 saturated heterocycles. The SMILES string of the molecule is CC/C=C\C/C=C\C/C=C\CCCC(=O)OC(COC(=O)CCCCC/C=C\C=C/CCCC)COC(=O)CCCCCCCCCCCCCCCCCCCCC. The first-order chi connectivity index (χ1) is 29.0. The van der Waals surface area contributed by atoms with Crippen LogP contribution in [-0.2, 0) is 28.6 Å². The van der Waals surface area contributed by atoms with Gasteiger partial charge >= 0.3 is 17.9 Å². The Morgan fingerprint density at radius 2 is 0.746 bits per heavy atom. The second-order valence-electron chi connectivity index (χ2n) is 16.4. The molecule has 0 rings (SSSR count). The van der Waals surface area contributed by atoms with Gasteiger partial charge in [0, 0.05) is 19.3 Å². The molecule has 0 fully saturated rings. The molecule has 1 unspecified atom stereocenters. The first kappa shape index (κ1) is 56.1. The van der Waals surface area contributed by atoms with Crippen LogP contribution in [0, 0.1) is 0 Å². The first-order valence-electron chi connectivity index (χ1n) is 24.8. The highest BCUT2D eigenvalue weighted by atomic mass is 16.6. The van der Waals surface area contributed by atoms with Crippen molar-refractivity contribution < 1.29 is 28.6 Å². The number of esters is 3. The Kier molecular flexibility index (Phi) is 45.4. The average molecular weight is 825 g/mol. The van der Waals surface area contributed by atoms with Crippen molar-refractivity contribution in [1.82, 2.24) is 0 Å². The lowest BCUT2D eigenvalue weighted by Gasteiger charge is -2.18. The minimum Gasteiger partial charge on any atom is -0.462 e. The monoisotopic (exact) mass is 825 g/mol. The summed E-state index contributed by atoms with van der Waals surface area (Å²) in [5.74, 6) is -0.984. The number of allylic oxidation sites excluding steroid dienone is 10. The molecule has 0 spiro atoms. The van der Waals surface area contributed by atoms with Crippen LogP contribution < -0.4 is 0 Å². The van der Waals surface area contributed by atoms with Crippen LogP contribution >= 0.6 is 0 Å². The molecule has 0 aliphatic rings. The summed E-state index contributed by atoms with van der Waals surface area (Å²) in [5, 5.41) is 0. The molecule has 0 aliphatic heterocycles. The van der Waals surface area contributed by atoms with Crippen LogP contribution in [0.25, 0.3) is 0 Å². The molecule has 59 heavy (non-hydrogen) atoms. The fraction of sp³-hybridized carbons (Fsp3) is 0.755. The Morgan fingerprint density at radius 3 is 1.22 bits per heavy atom. The molecule has 0 aromatic rings. The lowest BCUT2D eigenvalue weighted by atomic mass is 10.0. The van der Waals surface area contributed by atoms with Gasteiger partial charge in [-0.3, -0.25) is 14.4 Å². The van der Waals surface area contributed by atoms with Gasteiger partial charge in [0.15, 0.2) is 6.10 Å². The van der Waals surface area contributed by atoms with E-state index in [4.69, 9.17) is 14.2 Å². The van der Waals surface area contributed by atoms with Gasteiger partial charge in [0.05, 0.1) is 0 Å². The largest absolute Gasteiger partial charge is 0.462 e. The van der Waals surface area contributed by atoms with Crippen LogP contribution in [0.4, 0.5) is 0 Å². The molecule has 0 heterocycles. The van der Waals surface area contributed by atoms with E-state index in [1.165, 1.54) is 116 Å². The Balaban J connectivity index is 4.34. The predicted molar refractivity (Wildman–Crippen MR) is 251 cm³/mol. The molecule has 0 saturated carbocycles. The van der Waals surface area contributed by atoms with Gasteiger partial charge in [-0.2, -0.15) is 0 Å². The zero-order chi connectivity index (χ0) is 43.0. The van der Waals surface area contributed by atoms with Crippen molar-refractivity contribution in [3.63, 3.8) is 0 Å². The Labute approximate surface area is 364 Å². The third kappa shape index (κ3) is 46.0. The van der Waals surface area contributed by atoms with E-state index in [9.17, 15) is 14.4 Å². The van der Waals surface area contributed by atoms with Gasteiger partial charge in [0.25, 0.3) is 0 Å². The summed E-state index contributed by atoms with van der Waals surface area (Å²) in [7, 11) is 0. The standard InChI is InChI=1S/C53H92O6/c1-4-7-10-13-16-19-22-23-24-25-26-27-28-29-32-34-37-40-43-46-52(55)58-49-50(59-53(56)47-44-41-38-35-31-21-18-15-12-9-6-3)48-57-51(54)45-42-39-36-33-30-20-17-14-11-8-5-2/h9,12,14,17-18,20-21,30,35,38,50H,4-8,10-11,13,15-16,19,22-29,31-34,36-37,39-49H2,1-3H3/b12-9-,17-14-,21-18-,30-20-,38-35-. The summed E-state index contributed by atoms with van der Waals surface area (Å²) in [6.07, 6.45) is 58.0. The van der Waals surface area contributed by atoms with Crippen LogP contribution in [-0.4, -0.2) is 37.2 Å². The van der Waals surface area contributed by atoms with Crippen molar-refractivity contribution in [3.8, 4) is 0 Å². The molecule has 6 nitrogen and oxygen atoms in total. The number of unbranched alkanes of at least 4 members (excludes halogenated alkanes) is 24. The van der Waals surface area contributed by atoms with E-state index in [1.54, 1.807) is 0 Å². The van der Waals surface area contributed by atoms with Gasteiger partial charge in [-0.1, -0.05) is 216 Å². The highest BCUT2D eigenvalue weighted by Crippen LogP contribution is 2.15. The van der Waals surface area contributed by atoms with Crippen molar-refractivity contribution in [2.45, 2.75) is 245 Å². The van der Waals surface area contributed by atoms with Gasteiger partial charge in [0.2, 0.25) is 0 Å². The Hall–Kier alpha value is -2.89. The number of carbonyl (C=O) groups is 3. The number of hydrogen-bond acceptors (Lipinski definition) is 6. The van der Waals surface area contributed by atoms with Gasteiger partial charge < -0.3 is 14.2 Å². The van der Waals surface area contributed by atoms with Crippen molar-refractivity contribution in [2.24, 2.45) is 0 Å². The highest BCUT2D eigenvalue weighted by molar-refractivity contribution is 5.71. The number of hydrogen-bond donors (Lipinski definition) is 0. The smallest absolute Gasteiger partial charge is 0.306 e. The van der Waals surface area contributed by atoms with Gasteiger partial charge in [-0.25, -0.2) is 0 Å². The zero-order valence-corrected chi connectivity index (χ0v) is 38.8. The summed E-state index contributed by atoms with van der Waals surface area (Å²) in [5.41, 5.74) is 0. The molecule has 0 aromatic carbocycles. The van der Waals surface area contributed by atoms with Crippen LogP contribution in [0.5, 0.6) is 0 Å². The molecule has 0 aliphatic carbocycles. The summed E-state index contributed by atoms with van der Waals surface area (Å²) in [6.45, 7) is 6.40. The molecule has 6 heteroatoms. The fourth-order valence-electron chi connectivity index (χ4n) is 6.80. The Morgan fingerprint density at radius 1 is 0.373 bits per heavy atom. The average Bonchev–Trinajstić information content (AvgIpc) is 3.23. The first-order valence-corrected chi connectivity index (χ1v) is 24.8. The summed E-state index contributed by atoms with van der Waals surface area (Å²) in [4.78, 5) is 37.8. The predicted octanol–water partition coefficient (Wildman–Crippen LogP) is 16.1. The van der Waals surface area contributed by atoms with E-state index in [0.29, 0.717) is 19.3 Å². The number of carbonyl (C=O) groups excluding carboxylic acids is 3. The van der Waals surface area contributed by atoms with E-state index in [0.717, 1.165) is 77.0 Å². The minimum atomic E-state index is -0.807. The second-order valence-corrected chi connectivity index (χ2v) is 16.4. The third-order valence-corrected chi connectivity index (χ3v) is 10.5. The minimum absolute atomic E-state index is 0.101. The van der Waals surface area contributed by atoms with E-state index >= 15 is 0 Å². The van der Waals surface area contributed by atoms with Crippen LogP contribution in [0.15, 0.2) is 60.8 Å². The number of ether oxygens (including phenoxy) is 3. The molecule has 0 N–H and O–H groups in total. The molecule has 0 radical (unpaired) electrons. The maximum atomic E-state index is 12.7. The second kappa shape index (κ2) is 47.8. The van der Waals surface area contributed by atoms with E-state index in [2.05, 4.69) is 81.5 Å². The summed E-state index contributed by atoms with van der Waals surface area (Å²) < 4.78 is 16.7. The summed E-state index contributed by atoms with van der Waals surface area (Å²) >= 11 is 0. The van der Waals surface area contributed by atoms with Crippen molar-refractivity contribution in [2.75, 3.05) is 13.2 Å². The van der Waals surface area contributed by atoms with Crippen LogP contribution in [0.1, 0.15) is 239 Å². The molecule has 0 aromatic heterocycles. The Bertz CT molecular complexity index is 1090. The lowest BCUT2D eigenvalue weighted by molar-refractivity contribution is -0.167. The van der Waals surface area contributed by atoms with Crippen molar-refractivity contribution >= 4 is 17.9 Å². The molecule has 1 atom stereocenters. The molecule has 0 amide bonds. The third-order valence-electron chi connectivity index (χ3n) is 10.5. The highest BCUT2D eigenvalue weighted by Gasteiger charge is 2.19. The maximum absolute atomic E-state index is 12.7. The molecular weight excluding hydrogens is 733 g/mol. The quantitative estimate of drug-likeness (QED) is 0.0200. The van der Waals surface area contributed by atoms with E-state index in [1.807, 2.05) is 0 Å².